The fourth-order valence-corrected chi connectivity index (χ4v) is 1.58. The summed E-state index contributed by atoms with van der Waals surface area (Å²) >= 11 is 8.87. The van der Waals surface area contributed by atoms with E-state index in [-0.39, 0.29) is 5.63 Å². The normalized spacial score (nSPS) is 10.6. The molecule has 2 nitrogen and oxygen atoms in total. The van der Waals surface area contributed by atoms with Crippen molar-refractivity contribution in [1.29, 1.82) is 0 Å². The summed E-state index contributed by atoms with van der Waals surface area (Å²) < 4.78 is 5.39. The summed E-state index contributed by atoms with van der Waals surface area (Å²) in [5.74, 6) is 0. The first-order valence-corrected chi connectivity index (χ1v) is 4.73. The van der Waals surface area contributed by atoms with E-state index in [4.69, 9.17) is 16.0 Å². The van der Waals surface area contributed by atoms with E-state index in [0.717, 1.165) is 5.39 Å². The fraction of sp³-hybridized carbons (Fsp3) is 0. The third kappa shape index (κ3) is 1.62. The van der Waals surface area contributed by atoms with E-state index in [1.165, 1.54) is 0 Å². The molecule has 0 atom stereocenters. The van der Waals surface area contributed by atoms with Crippen LogP contribution in [0, 0.1) is 0 Å². The van der Waals surface area contributed by atoms with Gasteiger partial charge in [-0.2, -0.15) is 0 Å². The minimum atomic E-state index is -0.380. The molecule has 0 bridgehead atoms. The van der Waals surface area contributed by atoms with Gasteiger partial charge in [0.15, 0.2) is 0 Å². The first-order valence-electron chi connectivity index (χ1n) is 3.56. The number of benzene rings is 1. The highest BCUT2D eigenvalue weighted by Gasteiger charge is 2.01. The van der Waals surface area contributed by atoms with Crippen molar-refractivity contribution in [3.05, 3.63) is 44.2 Å². The zero-order valence-electron chi connectivity index (χ0n) is 6.38. The van der Waals surface area contributed by atoms with Gasteiger partial charge in [0.25, 0.3) is 0 Å². The molecule has 0 aliphatic rings. The first-order chi connectivity index (χ1) is 6.16. The molecule has 0 spiro atoms. The summed E-state index contributed by atoms with van der Waals surface area (Å²) in [4.78, 5) is 11.1. The average Bonchev–Trinajstić information content (AvgIpc) is 2.08. The fourth-order valence-electron chi connectivity index (χ4n) is 1.07. The van der Waals surface area contributed by atoms with Gasteiger partial charge in [0.1, 0.15) is 10.1 Å². The van der Waals surface area contributed by atoms with Gasteiger partial charge in [0.05, 0.1) is 0 Å². The van der Waals surface area contributed by atoms with Crippen LogP contribution in [0.2, 0.25) is 5.02 Å². The van der Waals surface area contributed by atoms with E-state index >= 15 is 0 Å². The monoisotopic (exact) mass is 258 g/mol. The minimum Gasteiger partial charge on any atom is -0.422 e. The highest BCUT2D eigenvalue weighted by Crippen LogP contribution is 2.20. The van der Waals surface area contributed by atoms with Crippen LogP contribution in [-0.2, 0) is 0 Å². The highest BCUT2D eigenvalue weighted by atomic mass is 79.9. The van der Waals surface area contributed by atoms with E-state index in [9.17, 15) is 4.79 Å². The quantitative estimate of drug-likeness (QED) is 0.680. The first kappa shape index (κ1) is 8.78. The minimum absolute atomic E-state index is 0.380. The van der Waals surface area contributed by atoms with E-state index in [1.807, 2.05) is 0 Å². The van der Waals surface area contributed by atoms with Gasteiger partial charge >= 0.3 is 5.63 Å². The summed E-state index contributed by atoms with van der Waals surface area (Å²) in [6.07, 6.45) is 0. The molecule has 0 radical (unpaired) electrons. The van der Waals surface area contributed by atoms with Crippen LogP contribution in [0.5, 0.6) is 0 Å². The molecule has 0 N–H and O–H groups in total. The zero-order chi connectivity index (χ0) is 9.42. The molecule has 0 aliphatic heterocycles. The molecule has 0 fully saturated rings. The van der Waals surface area contributed by atoms with Crippen molar-refractivity contribution in [3.8, 4) is 0 Å². The van der Waals surface area contributed by atoms with Crippen LogP contribution in [-0.4, -0.2) is 0 Å². The van der Waals surface area contributed by atoms with Crippen molar-refractivity contribution in [2.24, 2.45) is 0 Å². The number of halogens is 2. The van der Waals surface area contributed by atoms with E-state index in [2.05, 4.69) is 15.9 Å². The Labute approximate surface area is 87.3 Å². The van der Waals surface area contributed by atoms with Gasteiger partial charge in [-0.05, 0) is 40.2 Å². The van der Waals surface area contributed by atoms with E-state index in [0.29, 0.717) is 15.1 Å². The third-order valence-corrected chi connectivity index (χ3v) is 2.44. The van der Waals surface area contributed by atoms with Crippen LogP contribution in [0.25, 0.3) is 11.0 Å². The molecule has 0 saturated heterocycles. The Hall–Kier alpha value is -0.800. The van der Waals surface area contributed by atoms with Gasteiger partial charge in [-0.3, -0.25) is 0 Å². The molecular weight excluding hydrogens is 255 g/mol. The average molecular weight is 259 g/mol. The van der Waals surface area contributed by atoms with E-state index in [1.54, 1.807) is 24.3 Å². The van der Waals surface area contributed by atoms with Crippen LogP contribution in [0.15, 0.2) is 37.9 Å². The second-order valence-corrected chi connectivity index (χ2v) is 3.85. The van der Waals surface area contributed by atoms with Gasteiger partial charge in [0.2, 0.25) is 0 Å². The Kier molecular flexibility index (Phi) is 2.14. The molecule has 0 aliphatic carbocycles. The van der Waals surface area contributed by atoms with Gasteiger partial charge in [-0.1, -0.05) is 11.6 Å². The third-order valence-electron chi connectivity index (χ3n) is 1.65. The molecule has 4 heteroatoms. The molecule has 2 rings (SSSR count). The number of hydrogen-bond donors (Lipinski definition) is 0. The maximum Gasteiger partial charge on any atom is 0.350 e. The van der Waals surface area contributed by atoms with Crippen molar-refractivity contribution in [1.82, 2.24) is 0 Å². The standard InChI is InChI=1S/C9H4BrClO2/c10-7-4-5-3-6(11)1-2-8(5)13-9(7)12/h1-4H. The topological polar surface area (TPSA) is 30.2 Å². The Morgan fingerprint density at radius 3 is 2.85 bits per heavy atom. The number of hydrogen-bond acceptors (Lipinski definition) is 2. The molecule has 66 valence electrons. The van der Waals surface area contributed by atoms with Gasteiger partial charge in [-0.15, -0.1) is 0 Å². The van der Waals surface area contributed by atoms with Crippen LogP contribution < -0.4 is 5.63 Å². The summed E-state index contributed by atoms with van der Waals surface area (Å²) in [7, 11) is 0. The molecule has 1 aromatic heterocycles. The molecule has 0 unspecified atom stereocenters. The second-order valence-electron chi connectivity index (χ2n) is 2.56. The Morgan fingerprint density at radius 1 is 1.31 bits per heavy atom. The summed E-state index contributed by atoms with van der Waals surface area (Å²) in [6.45, 7) is 0. The van der Waals surface area contributed by atoms with Crippen molar-refractivity contribution in [2.45, 2.75) is 0 Å². The summed E-state index contributed by atoms with van der Waals surface area (Å²) in [5, 5.41) is 1.42. The van der Waals surface area contributed by atoms with Crippen molar-refractivity contribution >= 4 is 38.5 Å². The van der Waals surface area contributed by atoms with Crippen molar-refractivity contribution < 1.29 is 4.42 Å². The predicted octanol–water partition coefficient (Wildman–Crippen LogP) is 3.21. The lowest BCUT2D eigenvalue weighted by Crippen LogP contribution is -1.98. The van der Waals surface area contributed by atoms with Crippen molar-refractivity contribution in [2.75, 3.05) is 0 Å². The zero-order valence-corrected chi connectivity index (χ0v) is 8.72. The maximum atomic E-state index is 11.1. The number of fused-ring (bicyclic) bond motifs is 1. The lowest BCUT2D eigenvalue weighted by atomic mass is 10.2. The molecule has 13 heavy (non-hydrogen) atoms. The summed E-state index contributed by atoms with van der Waals surface area (Å²) in [5.41, 5.74) is 0.160. The van der Waals surface area contributed by atoms with Crippen LogP contribution in [0.1, 0.15) is 0 Å². The van der Waals surface area contributed by atoms with Crippen LogP contribution >= 0.6 is 27.5 Å². The lowest BCUT2D eigenvalue weighted by Gasteiger charge is -1.96. The smallest absolute Gasteiger partial charge is 0.350 e. The maximum absolute atomic E-state index is 11.1. The van der Waals surface area contributed by atoms with E-state index < -0.39 is 0 Å². The van der Waals surface area contributed by atoms with Gasteiger partial charge < -0.3 is 4.42 Å². The largest absolute Gasteiger partial charge is 0.422 e. The second kappa shape index (κ2) is 3.16. The van der Waals surface area contributed by atoms with Crippen molar-refractivity contribution in [3.63, 3.8) is 0 Å². The molecular formula is C9H4BrClO2. The predicted molar refractivity (Wildman–Crippen MR) is 55.2 cm³/mol. The molecule has 0 amide bonds. The van der Waals surface area contributed by atoms with Gasteiger partial charge in [-0.25, -0.2) is 4.79 Å². The highest BCUT2D eigenvalue weighted by molar-refractivity contribution is 9.10. The molecule has 1 heterocycles. The molecule has 1 aromatic carbocycles. The molecule has 2 aromatic rings. The number of rotatable bonds is 0. The Morgan fingerprint density at radius 2 is 2.08 bits per heavy atom. The van der Waals surface area contributed by atoms with Crippen LogP contribution in [0.4, 0.5) is 0 Å². The summed E-state index contributed by atoms with van der Waals surface area (Å²) in [6, 6.07) is 6.78. The van der Waals surface area contributed by atoms with Gasteiger partial charge in [0, 0.05) is 10.4 Å². The lowest BCUT2D eigenvalue weighted by molar-refractivity contribution is 0.556. The Balaban J connectivity index is 2.89. The SMILES string of the molecule is O=c1oc2ccc(Cl)cc2cc1Br. The van der Waals surface area contributed by atoms with Crippen LogP contribution in [0.3, 0.4) is 0 Å². The molecule has 0 saturated carbocycles. The Bertz CT molecular complexity index is 518.